The van der Waals surface area contributed by atoms with E-state index in [2.05, 4.69) is 5.32 Å². The molecule has 0 aliphatic carbocycles. The Morgan fingerprint density at radius 3 is 2.56 bits per heavy atom. The van der Waals surface area contributed by atoms with Crippen LogP contribution in [0.15, 0.2) is 30.3 Å². The molecular weight excluding hydrogens is 232 g/mol. The molecule has 0 saturated heterocycles. The van der Waals surface area contributed by atoms with Crippen molar-refractivity contribution >= 4 is 11.8 Å². The van der Waals surface area contributed by atoms with Crippen molar-refractivity contribution in [3.63, 3.8) is 0 Å². The van der Waals surface area contributed by atoms with Crippen LogP contribution in [0.25, 0.3) is 0 Å². The Labute approximate surface area is 106 Å². The molecule has 0 aliphatic rings. The van der Waals surface area contributed by atoms with E-state index >= 15 is 0 Å². The molecule has 0 atom stereocenters. The topological polar surface area (TPSA) is 69.6 Å². The molecule has 0 aliphatic heterocycles. The fourth-order valence-corrected chi connectivity index (χ4v) is 1.45. The highest BCUT2D eigenvalue weighted by atomic mass is 16.3. The minimum absolute atomic E-state index is 0.0131. The van der Waals surface area contributed by atoms with Crippen molar-refractivity contribution in [2.75, 3.05) is 26.7 Å². The van der Waals surface area contributed by atoms with Gasteiger partial charge in [0.05, 0.1) is 6.54 Å². The van der Waals surface area contributed by atoms with Crippen molar-refractivity contribution in [1.82, 2.24) is 10.2 Å². The van der Waals surface area contributed by atoms with E-state index in [0.29, 0.717) is 18.5 Å². The Bertz CT molecular complexity index is 392. The summed E-state index contributed by atoms with van der Waals surface area (Å²) in [5.74, 6) is -0.414. The molecule has 0 fully saturated rings. The van der Waals surface area contributed by atoms with Crippen LogP contribution >= 0.6 is 0 Å². The lowest BCUT2D eigenvalue weighted by Crippen LogP contribution is -2.38. The molecule has 0 bridgehead atoms. The summed E-state index contributed by atoms with van der Waals surface area (Å²) in [6, 6.07) is 8.81. The summed E-state index contributed by atoms with van der Waals surface area (Å²) < 4.78 is 0. The molecule has 0 unspecified atom stereocenters. The summed E-state index contributed by atoms with van der Waals surface area (Å²) in [5, 5.41) is 11.2. The fourth-order valence-electron chi connectivity index (χ4n) is 1.45. The molecule has 1 aromatic rings. The van der Waals surface area contributed by atoms with Crippen LogP contribution in [0.3, 0.4) is 0 Å². The molecule has 0 radical (unpaired) electrons. The molecular formula is C13H18N2O3. The van der Waals surface area contributed by atoms with Crippen LogP contribution in [0.1, 0.15) is 16.8 Å². The number of aliphatic hydroxyl groups excluding tert-OH is 1. The van der Waals surface area contributed by atoms with Gasteiger partial charge < -0.3 is 15.3 Å². The van der Waals surface area contributed by atoms with Crippen molar-refractivity contribution in [3.05, 3.63) is 35.9 Å². The van der Waals surface area contributed by atoms with Crippen molar-refractivity contribution < 1.29 is 14.7 Å². The van der Waals surface area contributed by atoms with Crippen LogP contribution in [0.2, 0.25) is 0 Å². The lowest BCUT2D eigenvalue weighted by atomic mass is 10.2. The lowest BCUT2D eigenvalue weighted by Gasteiger charge is -2.16. The van der Waals surface area contributed by atoms with Gasteiger partial charge in [-0.15, -0.1) is 0 Å². The molecule has 1 rings (SSSR count). The van der Waals surface area contributed by atoms with Gasteiger partial charge in [-0.1, -0.05) is 18.2 Å². The van der Waals surface area contributed by atoms with Gasteiger partial charge in [0.25, 0.3) is 5.91 Å². The maximum atomic E-state index is 11.9. The first-order valence-electron chi connectivity index (χ1n) is 5.83. The second kappa shape index (κ2) is 7.45. The number of likely N-dealkylation sites (N-methyl/N-ethyl adjacent to an activating group) is 1. The minimum atomic E-state index is -0.227. The molecule has 0 saturated carbocycles. The largest absolute Gasteiger partial charge is 0.396 e. The Morgan fingerprint density at radius 1 is 1.28 bits per heavy atom. The molecule has 0 aromatic heterocycles. The van der Waals surface area contributed by atoms with Gasteiger partial charge in [0.1, 0.15) is 0 Å². The monoisotopic (exact) mass is 250 g/mol. The number of rotatable bonds is 6. The zero-order valence-corrected chi connectivity index (χ0v) is 10.4. The maximum absolute atomic E-state index is 11.9. The molecule has 1 aromatic carbocycles. The molecule has 2 amide bonds. The summed E-state index contributed by atoms with van der Waals surface area (Å²) >= 11 is 0. The number of nitrogens with zero attached hydrogens (tertiary/aromatic N) is 1. The van der Waals surface area contributed by atoms with Crippen LogP contribution in [-0.2, 0) is 4.79 Å². The Kier molecular flexibility index (Phi) is 5.87. The van der Waals surface area contributed by atoms with Gasteiger partial charge in [0.2, 0.25) is 5.91 Å². The average molecular weight is 250 g/mol. The summed E-state index contributed by atoms with van der Waals surface area (Å²) in [6.45, 7) is 0.473. The predicted molar refractivity (Wildman–Crippen MR) is 68.1 cm³/mol. The van der Waals surface area contributed by atoms with E-state index < -0.39 is 0 Å². The minimum Gasteiger partial charge on any atom is -0.396 e. The number of hydrogen-bond acceptors (Lipinski definition) is 3. The lowest BCUT2D eigenvalue weighted by molar-refractivity contribution is -0.121. The Balaban J connectivity index is 2.43. The molecule has 2 N–H and O–H groups in total. The molecule has 18 heavy (non-hydrogen) atoms. The van der Waals surface area contributed by atoms with E-state index in [1.165, 1.54) is 4.90 Å². The number of hydrogen-bond donors (Lipinski definition) is 2. The van der Waals surface area contributed by atoms with Gasteiger partial charge in [-0.05, 0) is 18.6 Å². The van der Waals surface area contributed by atoms with Crippen LogP contribution in [0.4, 0.5) is 0 Å². The zero-order chi connectivity index (χ0) is 13.4. The average Bonchev–Trinajstić information content (AvgIpc) is 2.39. The SMILES string of the molecule is CN(CC(=O)NCCCO)C(=O)c1ccccc1. The molecule has 0 spiro atoms. The van der Waals surface area contributed by atoms with E-state index in [9.17, 15) is 9.59 Å². The third-order valence-electron chi connectivity index (χ3n) is 2.41. The Morgan fingerprint density at radius 2 is 1.94 bits per heavy atom. The normalized spacial score (nSPS) is 9.89. The van der Waals surface area contributed by atoms with E-state index in [1.54, 1.807) is 31.3 Å². The summed E-state index contributed by atoms with van der Waals surface area (Å²) in [4.78, 5) is 24.8. The van der Waals surface area contributed by atoms with E-state index in [1.807, 2.05) is 6.07 Å². The maximum Gasteiger partial charge on any atom is 0.254 e. The van der Waals surface area contributed by atoms with Gasteiger partial charge in [-0.25, -0.2) is 0 Å². The van der Waals surface area contributed by atoms with Crippen LogP contribution in [0.5, 0.6) is 0 Å². The van der Waals surface area contributed by atoms with Crippen LogP contribution < -0.4 is 5.32 Å². The van der Waals surface area contributed by atoms with Gasteiger partial charge in [0, 0.05) is 25.8 Å². The summed E-state index contributed by atoms with van der Waals surface area (Å²) in [7, 11) is 1.58. The third-order valence-corrected chi connectivity index (χ3v) is 2.41. The van der Waals surface area contributed by atoms with Crippen LogP contribution in [0, 0.1) is 0 Å². The van der Waals surface area contributed by atoms with Crippen molar-refractivity contribution in [2.24, 2.45) is 0 Å². The molecule has 98 valence electrons. The predicted octanol–water partition coefficient (Wildman–Crippen LogP) is 0.257. The Hall–Kier alpha value is -1.88. The van der Waals surface area contributed by atoms with Crippen molar-refractivity contribution in [2.45, 2.75) is 6.42 Å². The molecule has 5 nitrogen and oxygen atoms in total. The first-order valence-corrected chi connectivity index (χ1v) is 5.83. The molecule has 5 heteroatoms. The summed E-state index contributed by atoms with van der Waals surface area (Å²) in [6.07, 6.45) is 0.516. The second-order valence-corrected chi connectivity index (χ2v) is 3.95. The quantitative estimate of drug-likeness (QED) is 0.711. The number of benzene rings is 1. The fraction of sp³-hybridized carbons (Fsp3) is 0.385. The number of carbonyl (C=O) groups is 2. The van der Waals surface area contributed by atoms with Crippen molar-refractivity contribution in [3.8, 4) is 0 Å². The zero-order valence-electron chi connectivity index (χ0n) is 10.4. The number of carbonyl (C=O) groups excluding carboxylic acids is 2. The van der Waals surface area contributed by atoms with Crippen molar-refractivity contribution in [1.29, 1.82) is 0 Å². The number of aliphatic hydroxyl groups is 1. The highest BCUT2D eigenvalue weighted by Crippen LogP contribution is 2.02. The van der Waals surface area contributed by atoms with Gasteiger partial charge >= 0.3 is 0 Å². The highest BCUT2D eigenvalue weighted by molar-refractivity contribution is 5.96. The highest BCUT2D eigenvalue weighted by Gasteiger charge is 2.13. The van der Waals surface area contributed by atoms with Crippen LogP contribution in [-0.4, -0.2) is 48.6 Å². The second-order valence-electron chi connectivity index (χ2n) is 3.95. The summed E-state index contributed by atoms with van der Waals surface area (Å²) in [5.41, 5.74) is 0.558. The van der Waals surface area contributed by atoms with E-state index in [0.717, 1.165) is 0 Å². The van der Waals surface area contributed by atoms with E-state index in [-0.39, 0.29) is 25.0 Å². The first-order chi connectivity index (χ1) is 8.65. The third kappa shape index (κ3) is 4.55. The van der Waals surface area contributed by atoms with E-state index in [4.69, 9.17) is 5.11 Å². The van der Waals surface area contributed by atoms with Gasteiger partial charge in [0.15, 0.2) is 0 Å². The van der Waals surface area contributed by atoms with Gasteiger partial charge in [-0.3, -0.25) is 9.59 Å². The van der Waals surface area contributed by atoms with Gasteiger partial charge in [-0.2, -0.15) is 0 Å². The number of nitrogens with one attached hydrogen (secondary N) is 1. The number of amides is 2. The molecule has 0 heterocycles. The standard InChI is InChI=1S/C13H18N2O3/c1-15(10-12(17)14-8-5-9-16)13(18)11-6-3-2-4-7-11/h2-4,6-7,16H,5,8-10H2,1H3,(H,14,17). The first kappa shape index (κ1) is 14.2. The smallest absolute Gasteiger partial charge is 0.254 e.